The Morgan fingerprint density at radius 3 is 2.31 bits per heavy atom. The Morgan fingerprint density at radius 2 is 1.66 bits per heavy atom. The van der Waals surface area contributed by atoms with Crippen molar-refractivity contribution in [2.75, 3.05) is 32.6 Å². The second kappa shape index (κ2) is 10.7. The SMILES string of the molecule is COc1cc2c(cc1OC)[C@H](CNC(=O)c1ccc(Cl)cc1)N(C(=O)Nc1ccc(C)cc1)CC2. The number of carbonyl (C=O) groups is 2. The monoisotopic (exact) mass is 493 g/mol. The molecule has 3 amide bonds. The van der Waals surface area contributed by atoms with E-state index < -0.39 is 6.04 Å². The molecule has 0 bridgehead atoms. The lowest BCUT2D eigenvalue weighted by molar-refractivity contribution is 0.0936. The van der Waals surface area contributed by atoms with Gasteiger partial charge in [-0.3, -0.25) is 4.79 Å². The molecule has 0 aromatic heterocycles. The van der Waals surface area contributed by atoms with Crippen LogP contribution in [0.15, 0.2) is 60.7 Å². The molecule has 0 radical (unpaired) electrons. The van der Waals surface area contributed by atoms with Gasteiger partial charge in [0.2, 0.25) is 0 Å². The zero-order valence-corrected chi connectivity index (χ0v) is 20.7. The highest BCUT2D eigenvalue weighted by atomic mass is 35.5. The second-order valence-electron chi connectivity index (χ2n) is 8.38. The standard InChI is InChI=1S/C27H28ClN3O4/c1-17-4-10-21(11-5-17)30-27(33)31-13-12-19-14-24(34-2)25(35-3)15-22(19)23(31)16-29-26(32)18-6-8-20(28)9-7-18/h4-11,14-15,23H,12-13,16H2,1-3H3,(H,29,32)(H,30,33)/t23-/m0/s1. The Hall–Kier alpha value is -3.71. The summed E-state index contributed by atoms with van der Waals surface area (Å²) in [4.78, 5) is 27.9. The van der Waals surface area contributed by atoms with Crippen LogP contribution in [0.25, 0.3) is 0 Å². The van der Waals surface area contributed by atoms with Gasteiger partial charge in [0.1, 0.15) is 0 Å². The van der Waals surface area contributed by atoms with Gasteiger partial charge in [-0.15, -0.1) is 0 Å². The van der Waals surface area contributed by atoms with Crippen molar-refractivity contribution in [3.63, 3.8) is 0 Å². The molecule has 1 aliphatic heterocycles. The predicted molar refractivity (Wildman–Crippen MR) is 137 cm³/mol. The molecule has 1 atom stereocenters. The number of nitrogens with zero attached hydrogens (tertiary/aromatic N) is 1. The van der Waals surface area contributed by atoms with Gasteiger partial charge in [0.05, 0.1) is 20.3 Å². The summed E-state index contributed by atoms with van der Waals surface area (Å²) in [6, 6.07) is 17.5. The van der Waals surface area contributed by atoms with Crippen molar-refractivity contribution in [2.24, 2.45) is 0 Å². The predicted octanol–water partition coefficient (Wildman–Crippen LogP) is 5.23. The summed E-state index contributed by atoms with van der Waals surface area (Å²) < 4.78 is 11.0. The molecule has 7 nitrogen and oxygen atoms in total. The van der Waals surface area contributed by atoms with Crippen molar-refractivity contribution >= 4 is 29.2 Å². The largest absolute Gasteiger partial charge is 0.493 e. The molecule has 0 aliphatic carbocycles. The molecule has 0 saturated carbocycles. The Labute approximate surface area is 210 Å². The average molecular weight is 494 g/mol. The fraction of sp³-hybridized carbons (Fsp3) is 0.259. The second-order valence-corrected chi connectivity index (χ2v) is 8.81. The van der Waals surface area contributed by atoms with Gasteiger partial charge in [0, 0.05) is 29.4 Å². The molecule has 2 N–H and O–H groups in total. The van der Waals surface area contributed by atoms with Crippen molar-refractivity contribution in [3.8, 4) is 11.5 Å². The highest BCUT2D eigenvalue weighted by molar-refractivity contribution is 6.30. The number of aryl methyl sites for hydroxylation is 1. The summed E-state index contributed by atoms with van der Waals surface area (Å²) >= 11 is 5.95. The zero-order valence-electron chi connectivity index (χ0n) is 19.9. The topological polar surface area (TPSA) is 79.9 Å². The molecule has 182 valence electrons. The van der Waals surface area contributed by atoms with Crippen molar-refractivity contribution < 1.29 is 19.1 Å². The van der Waals surface area contributed by atoms with E-state index in [1.165, 1.54) is 0 Å². The number of anilines is 1. The Kier molecular flexibility index (Phi) is 7.46. The normalized spacial score (nSPS) is 14.6. The number of amides is 3. The Morgan fingerprint density at radius 1 is 1.00 bits per heavy atom. The van der Waals surface area contributed by atoms with Gasteiger partial charge >= 0.3 is 6.03 Å². The van der Waals surface area contributed by atoms with Crippen molar-refractivity contribution in [2.45, 2.75) is 19.4 Å². The maximum atomic E-state index is 13.3. The van der Waals surface area contributed by atoms with Gasteiger partial charge in [-0.1, -0.05) is 29.3 Å². The molecular formula is C27H28ClN3O4. The minimum Gasteiger partial charge on any atom is -0.493 e. The number of hydrogen-bond donors (Lipinski definition) is 2. The van der Waals surface area contributed by atoms with Gasteiger partial charge in [0.25, 0.3) is 5.91 Å². The van der Waals surface area contributed by atoms with Crippen LogP contribution in [0.2, 0.25) is 5.02 Å². The summed E-state index contributed by atoms with van der Waals surface area (Å²) in [5.74, 6) is 0.960. The average Bonchev–Trinajstić information content (AvgIpc) is 2.87. The third-order valence-electron chi connectivity index (χ3n) is 6.13. The van der Waals surface area contributed by atoms with E-state index in [4.69, 9.17) is 21.1 Å². The molecule has 8 heteroatoms. The van der Waals surface area contributed by atoms with Gasteiger partial charge in [-0.05, 0) is 73.0 Å². The van der Waals surface area contributed by atoms with E-state index in [2.05, 4.69) is 10.6 Å². The van der Waals surface area contributed by atoms with Crippen LogP contribution in [0.4, 0.5) is 10.5 Å². The van der Waals surface area contributed by atoms with E-state index >= 15 is 0 Å². The summed E-state index contributed by atoms with van der Waals surface area (Å²) in [6.45, 7) is 2.71. The lowest BCUT2D eigenvalue weighted by Crippen LogP contribution is -2.46. The number of hydrogen-bond acceptors (Lipinski definition) is 4. The number of halogens is 1. The summed E-state index contributed by atoms with van der Waals surface area (Å²) in [5, 5.41) is 6.51. The first-order chi connectivity index (χ1) is 16.9. The smallest absolute Gasteiger partial charge is 0.322 e. The number of carbonyl (C=O) groups excluding carboxylic acids is 2. The van der Waals surface area contributed by atoms with Crippen LogP contribution in [0.1, 0.15) is 33.1 Å². The van der Waals surface area contributed by atoms with E-state index in [1.54, 1.807) is 43.4 Å². The molecule has 3 aromatic rings. The van der Waals surface area contributed by atoms with Crippen molar-refractivity contribution in [1.82, 2.24) is 10.2 Å². The molecule has 0 saturated heterocycles. The van der Waals surface area contributed by atoms with Crippen molar-refractivity contribution in [1.29, 1.82) is 0 Å². The number of fused-ring (bicyclic) bond motifs is 1. The van der Waals surface area contributed by atoms with Crippen LogP contribution in [0.3, 0.4) is 0 Å². The number of methoxy groups -OCH3 is 2. The van der Waals surface area contributed by atoms with Crippen LogP contribution >= 0.6 is 11.6 Å². The van der Waals surface area contributed by atoms with Crippen LogP contribution in [-0.2, 0) is 6.42 Å². The summed E-state index contributed by atoms with van der Waals surface area (Å²) in [7, 11) is 3.17. The summed E-state index contributed by atoms with van der Waals surface area (Å²) in [5.41, 5.74) is 4.27. The summed E-state index contributed by atoms with van der Waals surface area (Å²) in [6.07, 6.45) is 0.651. The molecule has 1 aliphatic rings. The van der Waals surface area contributed by atoms with Gasteiger partial charge < -0.3 is 25.0 Å². The lowest BCUT2D eigenvalue weighted by atomic mass is 9.91. The molecule has 0 spiro atoms. The number of urea groups is 1. The Bertz CT molecular complexity index is 1210. The van der Waals surface area contributed by atoms with Crippen molar-refractivity contribution in [3.05, 3.63) is 87.9 Å². The Balaban J connectivity index is 1.62. The lowest BCUT2D eigenvalue weighted by Gasteiger charge is -2.38. The molecule has 3 aromatic carbocycles. The third-order valence-corrected chi connectivity index (χ3v) is 6.38. The highest BCUT2D eigenvalue weighted by Gasteiger charge is 2.32. The van der Waals surface area contributed by atoms with Crippen LogP contribution in [0.5, 0.6) is 11.5 Å². The number of rotatable bonds is 6. The van der Waals surface area contributed by atoms with E-state index in [9.17, 15) is 9.59 Å². The number of ether oxygens (including phenoxy) is 2. The van der Waals surface area contributed by atoms with Crippen LogP contribution < -0.4 is 20.1 Å². The van der Waals surface area contributed by atoms with Crippen LogP contribution in [-0.4, -0.2) is 44.1 Å². The first-order valence-corrected chi connectivity index (χ1v) is 11.7. The molecular weight excluding hydrogens is 466 g/mol. The highest BCUT2D eigenvalue weighted by Crippen LogP contribution is 2.38. The molecule has 4 rings (SSSR count). The van der Waals surface area contributed by atoms with E-state index in [1.807, 2.05) is 43.3 Å². The number of benzene rings is 3. The third kappa shape index (κ3) is 5.52. The van der Waals surface area contributed by atoms with Gasteiger partial charge in [-0.2, -0.15) is 0 Å². The fourth-order valence-electron chi connectivity index (χ4n) is 4.22. The van der Waals surface area contributed by atoms with E-state index in [0.29, 0.717) is 40.7 Å². The fourth-order valence-corrected chi connectivity index (χ4v) is 4.34. The molecule has 35 heavy (non-hydrogen) atoms. The maximum absolute atomic E-state index is 13.3. The molecule has 0 unspecified atom stereocenters. The minimum atomic E-state index is -0.403. The minimum absolute atomic E-state index is 0.227. The quantitative estimate of drug-likeness (QED) is 0.493. The number of nitrogens with one attached hydrogen (secondary N) is 2. The molecule has 0 fully saturated rings. The molecule has 1 heterocycles. The van der Waals surface area contributed by atoms with Gasteiger partial charge in [-0.25, -0.2) is 4.79 Å². The first kappa shape index (κ1) is 24.4. The van der Waals surface area contributed by atoms with E-state index in [-0.39, 0.29) is 18.5 Å². The van der Waals surface area contributed by atoms with E-state index in [0.717, 1.165) is 16.7 Å². The van der Waals surface area contributed by atoms with Gasteiger partial charge in [0.15, 0.2) is 11.5 Å². The first-order valence-electron chi connectivity index (χ1n) is 11.3. The maximum Gasteiger partial charge on any atom is 0.322 e. The zero-order chi connectivity index (χ0) is 24.9. The van der Waals surface area contributed by atoms with Crippen LogP contribution in [0, 0.1) is 6.92 Å².